The maximum absolute atomic E-state index is 14.5. The number of carbonyl (C=O) groups is 1. The average molecular weight is 434 g/mol. The third-order valence-corrected chi connectivity index (χ3v) is 5.95. The van der Waals surface area contributed by atoms with Crippen molar-refractivity contribution in [2.75, 3.05) is 18.0 Å². The Hall–Kier alpha value is -3.75. The lowest BCUT2D eigenvalue weighted by Gasteiger charge is -2.43. The van der Waals surface area contributed by atoms with Crippen molar-refractivity contribution < 1.29 is 14.3 Å². The lowest BCUT2D eigenvalue weighted by Crippen LogP contribution is -2.58. The number of rotatable bonds is 2. The molecule has 1 aliphatic heterocycles. The monoisotopic (exact) mass is 434 g/mol. The van der Waals surface area contributed by atoms with Crippen LogP contribution in [0.2, 0.25) is 0 Å². The quantitative estimate of drug-likeness (QED) is 0.514. The standard InChI is InChI=1S/C23H23FN6O2/c1-13-9-29-12-17(7-19(24)22(29)26-13)21-25-8-16-6-18(4-5-20(16)27-21)28-10-14(2)30(23(31)32)15(3)11-28/h4-9,12,14-15H,10-11H2,1-3H3,(H,31,32)/t14-,15+. The van der Waals surface area contributed by atoms with E-state index in [1.807, 2.05) is 39.0 Å². The number of pyridine rings is 1. The van der Waals surface area contributed by atoms with Gasteiger partial charge in [0, 0.05) is 48.3 Å². The van der Waals surface area contributed by atoms with Crippen molar-refractivity contribution in [2.24, 2.45) is 0 Å². The molecule has 1 amide bonds. The number of imidazole rings is 1. The molecule has 0 unspecified atom stereocenters. The molecule has 1 fully saturated rings. The first kappa shape index (κ1) is 20.2. The van der Waals surface area contributed by atoms with Gasteiger partial charge in [0.2, 0.25) is 0 Å². The van der Waals surface area contributed by atoms with E-state index < -0.39 is 11.9 Å². The molecule has 1 N–H and O–H groups in total. The highest BCUT2D eigenvalue weighted by Gasteiger charge is 2.32. The summed E-state index contributed by atoms with van der Waals surface area (Å²) in [5.41, 5.74) is 3.35. The van der Waals surface area contributed by atoms with Gasteiger partial charge in [-0.3, -0.25) is 4.90 Å². The minimum atomic E-state index is -0.885. The van der Waals surface area contributed by atoms with E-state index in [1.54, 1.807) is 23.0 Å². The summed E-state index contributed by atoms with van der Waals surface area (Å²) in [6.45, 7) is 6.89. The van der Waals surface area contributed by atoms with Crippen LogP contribution in [0.4, 0.5) is 14.9 Å². The number of fused-ring (bicyclic) bond motifs is 2. The minimum absolute atomic E-state index is 0.109. The number of hydrogen-bond donors (Lipinski definition) is 1. The van der Waals surface area contributed by atoms with Crippen LogP contribution < -0.4 is 4.90 Å². The van der Waals surface area contributed by atoms with Crippen LogP contribution >= 0.6 is 0 Å². The van der Waals surface area contributed by atoms with Gasteiger partial charge in [0.25, 0.3) is 0 Å². The number of aryl methyl sites for hydroxylation is 1. The van der Waals surface area contributed by atoms with Crippen LogP contribution in [-0.4, -0.2) is 60.6 Å². The summed E-state index contributed by atoms with van der Waals surface area (Å²) in [6.07, 6.45) is 4.40. The van der Waals surface area contributed by atoms with Gasteiger partial charge in [-0.1, -0.05) is 0 Å². The van der Waals surface area contributed by atoms with Gasteiger partial charge in [-0.2, -0.15) is 0 Å². The lowest BCUT2D eigenvalue weighted by molar-refractivity contribution is 0.0983. The average Bonchev–Trinajstić information content (AvgIpc) is 3.13. The molecule has 9 heteroatoms. The molecular weight excluding hydrogens is 411 g/mol. The van der Waals surface area contributed by atoms with Crippen LogP contribution in [0.3, 0.4) is 0 Å². The van der Waals surface area contributed by atoms with Crippen LogP contribution in [0.1, 0.15) is 19.5 Å². The van der Waals surface area contributed by atoms with E-state index in [4.69, 9.17) is 0 Å². The highest BCUT2D eigenvalue weighted by atomic mass is 19.1. The number of aromatic nitrogens is 4. The first-order valence-corrected chi connectivity index (χ1v) is 10.5. The molecule has 3 aromatic heterocycles. The third kappa shape index (κ3) is 3.39. The molecule has 5 rings (SSSR count). The zero-order valence-electron chi connectivity index (χ0n) is 18.0. The van der Waals surface area contributed by atoms with Crippen molar-refractivity contribution >= 4 is 28.3 Å². The van der Waals surface area contributed by atoms with E-state index in [0.717, 1.165) is 22.3 Å². The SMILES string of the molecule is Cc1cn2cc(-c3ncc4cc(N5C[C@@H](C)N(C(=O)O)[C@@H](C)C5)ccc4n3)cc(F)c2n1. The molecule has 1 saturated heterocycles. The van der Waals surface area contributed by atoms with Gasteiger partial charge in [-0.15, -0.1) is 0 Å². The molecular formula is C23H23FN6O2. The largest absolute Gasteiger partial charge is 0.465 e. The minimum Gasteiger partial charge on any atom is -0.465 e. The topological polar surface area (TPSA) is 86.9 Å². The highest BCUT2D eigenvalue weighted by Crippen LogP contribution is 2.27. The second kappa shape index (κ2) is 7.44. The van der Waals surface area contributed by atoms with Crippen molar-refractivity contribution in [1.82, 2.24) is 24.3 Å². The fraction of sp³-hybridized carbons (Fsp3) is 0.304. The number of hydrogen-bond acceptors (Lipinski definition) is 5. The van der Waals surface area contributed by atoms with Gasteiger partial charge in [-0.25, -0.2) is 24.1 Å². The van der Waals surface area contributed by atoms with Crippen LogP contribution in [0.5, 0.6) is 0 Å². The number of anilines is 1. The second-order valence-electron chi connectivity index (χ2n) is 8.42. The van der Waals surface area contributed by atoms with Gasteiger partial charge >= 0.3 is 6.09 Å². The van der Waals surface area contributed by atoms with Gasteiger partial charge in [0.05, 0.1) is 23.3 Å². The second-order valence-corrected chi connectivity index (χ2v) is 8.42. The van der Waals surface area contributed by atoms with Gasteiger partial charge < -0.3 is 14.4 Å². The molecule has 164 valence electrons. The van der Waals surface area contributed by atoms with E-state index in [9.17, 15) is 14.3 Å². The Morgan fingerprint density at radius 1 is 1.12 bits per heavy atom. The van der Waals surface area contributed by atoms with Crippen molar-refractivity contribution in [3.8, 4) is 11.4 Å². The van der Waals surface area contributed by atoms with E-state index in [1.165, 1.54) is 11.0 Å². The number of carboxylic acid groups (broad SMARTS) is 1. The maximum atomic E-state index is 14.5. The smallest absolute Gasteiger partial charge is 0.407 e. The van der Waals surface area contributed by atoms with Crippen LogP contribution in [0.15, 0.2) is 42.9 Å². The Balaban J connectivity index is 1.46. The van der Waals surface area contributed by atoms with Crippen molar-refractivity contribution in [2.45, 2.75) is 32.9 Å². The van der Waals surface area contributed by atoms with Crippen molar-refractivity contribution in [3.05, 3.63) is 54.4 Å². The van der Waals surface area contributed by atoms with E-state index >= 15 is 0 Å². The van der Waals surface area contributed by atoms with Gasteiger partial charge in [-0.05, 0) is 45.0 Å². The molecule has 2 atom stereocenters. The Kier molecular flexibility index (Phi) is 4.69. The zero-order valence-corrected chi connectivity index (χ0v) is 18.0. The molecule has 4 aromatic rings. The Morgan fingerprint density at radius 3 is 2.59 bits per heavy atom. The van der Waals surface area contributed by atoms with Gasteiger partial charge in [0.1, 0.15) is 0 Å². The summed E-state index contributed by atoms with van der Waals surface area (Å²) >= 11 is 0. The summed E-state index contributed by atoms with van der Waals surface area (Å²) in [4.78, 5) is 28.5. The fourth-order valence-corrected chi connectivity index (χ4v) is 4.57. The summed E-state index contributed by atoms with van der Waals surface area (Å²) in [5.74, 6) is 0.0214. The molecule has 32 heavy (non-hydrogen) atoms. The molecule has 0 spiro atoms. The van der Waals surface area contributed by atoms with Crippen molar-refractivity contribution in [1.29, 1.82) is 0 Å². The maximum Gasteiger partial charge on any atom is 0.407 e. The number of amides is 1. The predicted molar refractivity (Wildman–Crippen MR) is 119 cm³/mol. The highest BCUT2D eigenvalue weighted by molar-refractivity contribution is 5.83. The fourth-order valence-electron chi connectivity index (χ4n) is 4.57. The van der Waals surface area contributed by atoms with Crippen LogP contribution in [0.25, 0.3) is 27.9 Å². The predicted octanol–water partition coefficient (Wildman–Crippen LogP) is 3.97. The molecule has 1 aliphatic rings. The number of benzene rings is 1. The summed E-state index contributed by atoms with van der Waals surface area (Å²) < 4.78 is 16.1. The molecule has 4 heterocycles. The number of piperazine rings is 1. The third-order valence-electron chi connectivity index (χ3n) is 5.95. The molecule has 1 aromatic carbocycles. The summed E-state index contributed by atoms with van der Waals surface area (Å²) in [6, 6.07) is 7.10. The molecule has 0 radical (unpaired) electrons. The Labute approximate surface area is 184 Å². The molecule has 0 aliphatic carbocycles. The van der Waals surface area contributed by atoms with Crippen LogP contribution in [-0.2, 0) is 0 Å². The summed E-state index contributed by atoms with van der Waals surface area (Å²) in [5, 5.41) is 10.3. The zero-order chi connectivity index (χ0) is 22.6. The van der Waals surface area contributed by atoms with E-state index in [-0.39, 0.29) is 17.7 Å². The van der Waals surface area contributed by atoms with Crippen molar-refractivity contribution in [3.63, 3.8) is 0 Å². The van der Waals surface area contributed by atoms with Gasteiger partial charge in [0.15, 0.2) is 17.3 Å². The molecule has 0 saturated carbocycles. The first-order chi connectivity index (χ1) is 15.3. The number of nitrogens with zero attached hydrogens (tertiary/aromatic N) is 6. The van der Waals surface area contributed by atoms with E-state index in [0.29, 0.717) is 24.5 Å². The lowest BCUT2D eigenvalue weighted by atomic mass is 10.1. The normalized spacial score (nSPS) is 19.1. The summed E-state index contributed by atoms with van der Waals surface area (Å²) in [7, 11) is 0. The van der Waals surface area contributed by atoms with E-state index in [2.05, 4.69) is 19.9 Å². The Bertz CT molecular complexity index is 1340. The molecule has 8 nitrogen and oxygen atoms in total. The Morgan fingerprint density at radius 2 is 1.88 bits per heavy atom. The molecule has 0 bridgehead atoms. The first-order valence-electron chi connectivity index (χ1n) is 10.5. The van der Waals surface area contributed by atoms with Crippen LogP contribution in [0, 0.1) is 12.7 Å². The number of halogens is 1.